The quantitative estimate of drug-likeness (QED) is 0.314. The Morgan fingerprint density at radius 3 is 2.33 bits per heavy atom. The van der Waals surface area contributed by atoms with E-state index in [2.05, 4.69) is 6.07 Å². The molecule has 73 valence electrons. The highest BCUT2D eigenvalue weighted by Crippen LogP contribution is 2.08. The molecule has 0 saturated heterocycles. The minimum absolute atomic E-state index is 0.630. The van der Waals surface area contributed by atoms with Gasteiger partial charge in [-0.25, -0.2) is 0 Å². The van der Waals surface area contributed by atoms with Gasteiger partial charge < -0.3 is 5.21 Å². The van der Waals surface area contributed by atoms with Crippen molar-refractivity contribution in [1.29, 1.82) is 0 Å². The summed E-state index contributed by atoms with van der Waals surface area (Å²) >= 11 is 0. The fourth-order valence-electron chi connectivity index (χ4n) is 1.27. The molecule has 0 amide bonds. The van der Waals surface area contributed by atoms with Gasteiger partial charge >= 0.3 is 0 Å². The van der Waals surface area contributed by atoms with Crippen molar-refractivity contribution in [2.24, 2.45) is 0 Å². The molecule has 2 heteroatoms. The average molecular weight is 196 g/mol. The maximum Gasteiger partial charge on any atom is 0.216 e. The van der Waals surface area contributed by atoms with Crippen molar-refractivity contribution in [3.05, 3.63) is 71.4 Å². The molecule has 0 atom stereocenters. The molecule has 0 aliphatic rings. The second-order valence-corrected chi connectivity index (χ2v) is 3.12. The van der Waals surface area contributed by atoms with Crippen molar-refractivity contribution in [1.82, 2.24) is 0 Å². The number of hydrogen-bond donors (Lipinski definition) is 0. The average Bonchev–Trinajstić information content (AvgIpc) is 2.31. The minimum Gasteiger partial charge on any atom is -0.618 e. The van der Waals surface area contributed by atoms with E-state index in [0.29, 0.717) is 5.69 Å². The molecule has 0 aliphatic carbocycles. The summed E-state index contributed by atoms with van der Waals surface area (Å²) in [6, 6.07) is 19.3. The summed E-state index contributed by atoms with van der Waals surface area (Å²) < 4.78 is 0.856. The molecule has 0 bridgehead atoms. The van der Waals surface area contributed by atoms with Crippen LogP contribution in [0.2, 0.25) is 0 Å². The first-order chi connectivity index (χ1) is 7.36. The van der Waals surface area contributed by atoms with Gasteiger partial charge in [0, 0.05) is 17.7 Å². The fourth-order valence-corrected chi connectivity index (χ4v) is 1.27. The summed E-state index contributed by atoms with van der Waals surface area (Å²) in [6.45, 7) is 0. The third kappa shape index (κ3) is 2.44. The van der Waals surface area contributed by atoms with Gasteiger partial charge in [-0.05, 0) is 18.2 Å². The van der Waals surface area contributed by atoms with Crippen molar-refractivity contribution in [3.8, 4) is 0 Å². The molecule has 0 heterocycles. The lowest BCUT2D eigenvalue weighted by Gasteiger charge is -2.01. The molecule has 1 radical (unpaired) electrons. The Bertz CT molecular complexity index is 448. The molecule has 0 spiro atoms. The summed E-state index contributed by atoms with van der Waals surface area (Å²) in [6.07, 6.45) is 1.54. The second-order valence-electron chi connectivity index (χ2n) is 3.12. The molecule has 0 unspecified atom stereocenters. The first kappa shape index (κ1) is 9.46. The van der Waals surface area contributed by atoms with Crippen molar-refractivity contribution < 1.29 is 4.74 Å². The molecule has 0 fully saturated rings. The van der Waals surface area contributed by atoms with Crippen LogP contribution < -0.4 is 0 Å². The SMILES string of the molecule is [O-][N+](=Cc1cc[c]cc1)c1ccccc1. The van der Waals surface area contributed by atoms with Crippen LogP contribution in [-0.4, -0.2) is 11.0 Å². The van der Waals surface area contributed by atoms with E-state index in [0.717, 1.165) is 10.3 Å². The highest BCUT2D eigenvalue weighted by molar-refractivity contribution is 5.76. The Kier molecular flexibility index (Phi) is 2.79. The van der Waals surface area contributed by atoms with E-state index in [9.17, 15) is 5.21 Å². The summed E-state index contributed by atoms with van der Waals surface area (Å²) in [7, 11) is 0. The van der Waals surface area contributed by atoms with Crippen LogP contribution in [0.3, 0.4) is 0 Å². The van der Waals surface area contributed by atoms with Gasteiger partial charge in [-0.1, -0.05) is 30.3 Å². The first-order valence-corrected chi connectivity index (χ1v) is 4.69. The minimum atomic E-state index is 0.630. The van der Waals surface area contributed by atoms with Gasteiger partial charge in [0.2, 0.25) is 5.69 Å². The van der Waals surface area contributed by atoms with E-state index >= 15 is 0 Å². The van der Waals surface area contributed by atoms with Crippen molar-refractivity contribution in [2.75, 3.05) is 0 Å². The van der Waals surface area contributed by atoms with Crippen LogP contribution in [0.5, 0.6) is 0 Å². The highest BCUT2D eigenvalue weighted by Gasteiger charge is 1.98. The lowest BCUT2D eigenvalue weighted by Crippen LogP contribution is -1.97. The standard InChI is InChI=1S/C13H10NO/c15-14(13-9-5-2-6-10-13)11-12-7-3-1-4-8-12/h2-11H. The van der Waals surface area contributed by atoms with E-state index < -0.39 is 0 Å². The van der Waals surface area contributed by atoms with E-state index in [1.807, 2.05) is 30.3 Å². The molecule has 15 heavy (non-hydrogen) atoms. The van der Waals surface area contributed by atoms with Crippen molar-refractivity contribution in [2.45, 2.75) is 0 Å². The predicted molar refractivity (Wildman–Crippen MR) is 60.2 cm³/mol. The van der Waals surface area contributed by atoms with Crippen molar-refractivity contribution in [3.63, 3.8) is 0 Å². The van der Waals surface area contributed by atoms with Gasteiger partial charge in [0.1, 0.15) is 0 Å². The third-order valence-corrected chi connectivity index (χ3v) is 2.02. The molecular formula is C13H10NO. The lowest BCUT2D eigenvalue weighted by molar-refractivity contribution is -0.354. The first-order valence-electron chi connectivity index (χ1n) is 4.69. The molecular weight excluding hydrogens is 186 g/mol. The molecule has 2 aromatic carbocycles. The number of nitrogens with zero attached hydrogens (tertiary/aromatic N) is 1. The molecule has 0 saturated carbocycles. The maximum atomic E-state index is 11.7. The van der Waals surface area contributed by atoms with Crippen LogP contribution in [0.25, 0.3) is 0 Å². The summed E-state index contributed by atoms with van der Waals surface area (Å²) in [5.41, 5.74) is 1.50. The van der Waals surface area contributed by atoms with Gasteiger partial charge in [0.05, 0.1) is 0 Å². The van der Waals surface area contributed by atoms with Gasteiger partial charge in [0.15, 0.2) is 6.21 Å². The second kappa shape index (κ2) is 4.42. The predicted octanol–water partition coefficient (Wildman–Crippen LogP) is 2.75. The Morgan fingerprint density at radius 1 is 1.00 bits per heavy atom. The largest absolute Gasteiger partial charge is 0.618 e. The van der Waals surface area contributed by atoms with E-state index in [4.69, 9.17) is 0 Å². The number of hydrogen-bond acceptors (Lipinski definition) is 1. The summed E-state index contributed by atoms with van der Waals surface area (Å²) in [4.78, 5) is 0. The third-order valence-electron chi connectivity index (χ3n) is 2.02. The Hall–Kier alpha value is -2.09. The van der Waals surface area contributed by atoms with Crippen LogP contribution in [0.1, 0.15) is 5.56 Å². The van der Waals surface area contributed by atoms with Crippen LogP contribution in [0, 0.1) is 11.3 Å². The van der Waals surface area contributed by atoms with Gasteiger partial charge in [0.25, 0.3) is 0 Å². The van der Waals surface area contributed by atoms with Crippen LogP contribution in [0.15, 0.2) is 54.6 Å². The van der Waals surface area contributed by atoms with Gasteiger partial charge in [-0.15, -0.1) is 0 Å². The normalized spacial score (nSPS) is 11.3. The zero-order valence-corrected chi connectivity index (χ0v) is 8.13. The number of benzene rings is 2. The van der Waals surface area contributed by atoms with E-state index in [1.54, 1.807) is 30.5 Å². The molecule has 0 N–H and O–H groups in total. The summed E-state index contributed by atoms with van der Waals surface area (Å²) in [5, 5.41) is 11.7. The Balaban J connectivity index is 2.29. The maximum absolute atomic E-state index is 11.7. The Labute approximate surface area is 88.7 Å². The van der Waals surface area contributed by atoms with Crippen molar-refractivity contribution >= 4 is 11.9 Å². The molecule has 0 aromatic heterocycles. The van der Waals surface area contributed by atoms with Gasteiger partial charge in [-0.3, -0.25) is 0 Å². The highest BCUT2D eigenvalue weighted by atomic mass is 16.5. The zero-order valence-electron chi connectivity index (χ0n) is 8.13. The molecule has 2 rings (SSSR count). The lowest BCUT2D eigenvalue weighted by atomic mass is 10.2. The molecule has 2 nitrogen and oxygen atoms in total. The molecule has 0 aliphatic heterocycles. The number of para-hydroxylation sites is 1. The van der Waals surface area contributed by atoms with E-state index in [1.165, 1.54) is 0 Å². The smallest absolute Gasteiger partial charge is 0.216 e. The number of rotatable bonds is 2. The monoisotopic (exact) mass is 196 g/mol. The summed E-state index contributed by atoms with van der Waals surface area (Å²) in [5.74, 6) is 0. The van der Waals surface area contributed by atoms with Crippen LogP contribution in [0.4, 0.5) is 5.69 Å². The van der Waals surface area contributed by atoms with E-state index in [-0.39, 0.29) is 0 Å². The topological polar surface area (TPSA) is 26.1 Å². The zero-order chi connectivity index (χ0) is 10.5. The molecule has 2 aromatic rings. The van der Waals surface area contributed by atoms with Gasteiger partial charge in [-0.2, -0.15) is 4.74 Å². The van der Waals surface area contributed by atoms with Crippen LogP contribution in [-0.2, 0) is 0 Å². The van der Waals surface area contributed by atoms with Crippen LogP contribution >= 0.6 is 0 Å². The fraction of sp³-hybridized carbons (Fsp3) is 0. The Morgan fingerprint density at radius 2 is 1.67 bits per heavy atom.